The smallest absolute Gasteiger partial charge is 0.269 e. The van der Waals surface area contributed by atoms with Crippen LogP contribution in [0.3, 0.4) is 0 Å². The fraction of sp³-hybridized carbons (Fsp3) is 0.217. The van der Waals surface area contributed by atoms with Crippen LogP contribution in [0.1, 0.15) is 39.7 Å². The molecule has 1 aromatic carbocycles. The van der Waals surface area contributed by atoms with E-state index in [2.05, 4.69) is 39.7 Å². The van der Waals surface area contributed by atoms with E-state index in [1.165, 1.54) is 35.2 Å². The third kappa shape index (κ3) is 5.12. The number of nitrogens with one attached hydrogen (secondary N) is 2. The molecular weight excluding hydrogens is 460 g/mol. The van der Waals surface area contributed by atoms with Crippen molar-refractivity contribution in [2.45, 2.75) is 33.7 Å². The largest absolute Gasteiger partial charge is 0.351 e. The molecule has 0 fully saturated rings. The first-order chi connectivity index (χ1) is 15.4. The Hall–Kier alpha value is -2.88. The van der Waals surface area contributed by atoms with Gasteiger partial charge in [-0.25, -0.2) is 9.97 Å². The number of thiophene rings is 1. The van der Waals surface area contributed by atoms with Gasteiger partial charge in [-0.2, -0.15) is 0 Å². The van der Waals surface area contributed by atoms with Gasteiger partial charge >= 0.3 is 0 Å². The molecule has 4 aromatic rings. The van der Waals surface area contributed by atoms with Gasteiger partial charge in [-0.05, 0) is 31.0 Å². The van der Waals surface area contributed by atoms with Crippen molar-refractivity contribution in [3.63, 3.8) is 0 Å². The SMILES string of the molecule is CCc1ccc(-c2nc(C)c(C(=O)Nc3nc(-c4ccc(CNC(C)=O)s4)cs3)s2)cc1. The summed E-state index contributed by atoms with van der Waals surface area (Å²) in [5.41, 5.74) is 3.80. The molecule has 164 valence electrons. The lowest BCUT2D eigenvalue weighted by molar-refractivity contribution is -0.119. The van der Waals surface area contributed by atoms with Crippen LogP contribution in [0, 0.1) is 6.92 Å². The summed E-state index contributed by atoms with van der Waals surface area (Å²) in [6.07, 6.45) is 0.989. The molecule has 0 unspecified atom stereocenters. The van der Waals surface area contributed by atoms with Crippen molar-refractivity contribution in [2.75, 3.05) is 5.32 Å². The van der Waals surface area contributed by atoms with Gasteiger partial charge in [-0.15, -0.1) is 34.0 Å². The third-order valence-electron chi connectivity index (χ3n) is 4.76. The number of nitrogens with zero attached hydrogens (tertiary/aromatic N) is 2. The maximum atomic E-state index is 12.9. The zero-order valence-electron chi connectivity index (χ0n) is 17.9. The molecule has 9 heteroatoms. The monoisotopic (exact) mass is 482 g/mol. The van der Waals surface area contributed by atoms with Crippen LogP contribution in [-0.2, 0) is 17.8 Å². The summed E-state index contributed by atoms with van der Waals surface area (Å²) in [5.74, 6) is -0.257. The van der Waals surface area contributed by atoms with E-state index in [0.29, 0.717) is 22.2 Å². The number of benzene rings is 1. The molecule has 0 aliphatic heterocycles. The fourth-order valence-corrected chi connectivity index (χ4v) is 5.69. The molecule has 0 atom stereocenters. The summed E-state index contributed by atoms with van der Waals surface area (Å²) in [6.45, 7) is 5.98. The zero-order chi connectivity index (χ0) is 22.7. The Bertz CT molecular complexity index is 1250. The lowest BCUT2D eigenvalue weighted by Crippen LogP contribution is -2.17. The highest BCUT2D eigenvalue weighted by Gasteiger charge is 2.18. The van der Waals surface area contributed by atoms with Crippen LogP contribution in [0.5, 0.6) is 0 Å². The number of aryl methyl sites for hydroxylation is 2. The molecule has 32 heavy (non-hydrogen) atoms. The van der Waals surface area contributed by atoms with Crippen molar-refractivity contribution in [1.29, 1.82) is 0 Å². The van der Waals surface area contributed by atoms with Crippen molar-refractivity contribution in [1.82, 2.24) is 15.3 Å². The van der Waals surface area contributed by atoms with Crippen molar-refractivity contribution >= 4 is 51.0 Å². The Labute approximate surface area is 198 Å². The number of hydrogen-bond donors (Lipinski definition) is 2. The minimum atomic E-state index is -0.199. The van der Waals surface area contributed by atoms with Crippen LogP contribution in [0.4, 0.5) is 5.13 Å². The van der Waals surface area contributed by atoms with Crippen molar-refractivity contribution in [3.05, 3.63) is 62.8 Å². The Morgan fingerprint density at radius 2 is 1.81 bits per heavy atom. The molecule has 0 aliphatic rings. The number of hydrogen-bond acceptors (Lipinski definition) is 7. The van der Waals surface area contributed by atoms with Crippen molar-refractivity contribution < 1.29 is 9.59 Å². The average molecular weight is 483 g/mol. The predicted octanol–water partition coefficient (Wildman–Crippen LogP) is 5.75. The highest BCUT2D eigenvalue weighted by atomic mass is 32.1. The quantitative estimate of drug-likeness (QED) is 0.351. The minimum Gasteiger partial charge on any atom is -0.351 e. The molecule has 0 aliphatic carbocycles. The van der Waals surface area contributed by atoms with E-state index >= 15 is 0 Å². The molecular formula is C23H22N4O2S3. The first kappa shape index (κ1) is 22.3. The maximum absolute atomic E-state index is 12.9. The van der Waals surface area contributed by atoms with Crippen LogP contribution in [0.2, 0.25) is 0 Å². The molecule has 0 saturated carbocycles. The van der Waals surface area contributed by atoms with Gasteiger partial charge < -0.3 is 5.32 Å². The molecule has 6 nitrogen and oxygen atoms in total. The van der Waals surface area contributed by atoms with Crippen molar-refractivity contribution in [3.8, 4) is 21.1 Å². The van der Waals surface area contributed by atoms with E-state index in [9.17, 15) is 9.59 Å². The molecule has 0 radical (unpaired) electrons. The highest BCUT2D eigenvalue weighted by Crippen LogP contribution is 2.32. The number of amides is 2. The standard InChI is InChI=1S/C23H22N4O2S3/c1-4-15-5-7-16(8-6-15)22-25-13(2)20(32-22)21(29)27-23-26-18(12-30-23)19-10-9-17(31-19)11-24-14(3)28/h5-10,12H,4,11H2,1-3H3,(H,24,28)(H,26,27,29). The van der Waals surface area contributed by atoms with Gasteiger partial charge in [0, 0.05) is 22.7 Å². The molecule has 4 rings (SSSR count). The Balaban J connectivity index is 1.45. The Morgan fingerprint density at radius 1 is 1.03 bits per heavy atom. The summed E-state index contributed by atoms with van der Waals surface area (Å²) in [5, 5.41) is 9.00. The number of carbonyl (C=O) groups is 2. The second kappa shape index (κ2) is 9.72. The maximum Gasteiger partial charge on any atom is 0.269 e. The van der Waals surface area contributed by atoms with Crippen LogP contribution >= 0.6 is 34.0 Å². The summed E-state index contributed by atoms with van der Waals surface area (Å²) in [4.78, 5) is 35.7. The molecule has 2 N–H and O–H groups in total. The molecule has 2 amide bonds. The van der Waals surface area contributed by atoms with Gasteiger partial charge in [0.2, 0.25) is 5.91 Å². The van der Waals surface area contributed by atoms with Gasteiger partial charge in [0.05, 0.1) is 22.8 Å². The molecule has 0 bridgehead atoms. The highest BCUT2D eigenvalue weighted by molar-refractivity contribution is 7.18. The van der Waals surface area contributed by atoms with Gasteiger partial charge in [0.15, 0.2) is 5.13 Å². The van der Waals surface area contributed by atoms with Gasteiger partial charge in [-0.1, -0.05) is 31.2 Å². The van der Waals surface area contributed by atoms with Crippen LogP contribution in [0.25, 0.3) is 21.1 Å². The summed E-state index contributed by atoms with van der Waals surface area (Å²) < 4.78 is 0. The van der Waals surface area contributed by atoms with E-state index in [-0.39, 0.29) is 11.8 Å². The van der Waals surface area contributed by atoms with E-state index < -0.39 is 0 Å². The number of aromatic nitrogens is 2. The lowest BCUT2D eigenvalue weighted by atomic mass is 10.1. The predicted molar refractivity (Wildman–Crippen MR) is 133 cm³/mol. The van der Waals surface area contributed by atoms with E-state index in [4.69, 9.17) is 0 Å². The molecule has 0 spiro atoms. The van der Waals surface area contributed by atoms with Gasteiger partial charge in [0.25, 0.3) is 5.91 Å². The average Bonchev–Trinajstić information content (AvgIpc) is 3.52. The zero-order valence-corrected chi connectivity index (χ0v) is 20.3. The van der Waals surface area contributed by atoms with Crippen LogP contribution in [0.15, 0.2) is 41.8 Å². The Kier molecular flexibility index (Phi) is 6.78. The van der Waals surface area contributed by atoms with Crippen LogP contribution in [-0.4, -0.2) is 21.8 Å². The summed E-state index contributed by atoms with van der Waals surface area (Å²) >= 11 is 4.35. The number of rotatable bonds is 7. The number of carbonyl (C=O) groups excluding carboxylic acids is 2. The summed E-state index contributed by atoms with van der Waals surface area (Å²) in [7, 11) is 0. The number of anilines is 1. The van der Waals surface area contributed by atoms with Crippen LogP contribution < -0.4 is 10.6 Å². The molecule has 3 heterocycles. The van der Waals surface area contributed by atoms with E-state index in [1.54, 1.807) is 11.3 Å². The van der Waals surface area contributed by atoms with Gasteiger partial charge in [-0.3, -0.25) is 14.9 Å². The Morgan fingerprint density at radius 3 is 2.53 bits per heavy atom. The minimum absolute atomic E-state index is 0.0573. The second-order valence-corrected chi connectivity index (χ2v) is 10.2. The first-order valence-corrected chi connectivity index (χ1v) is 12.6. The number of thiazole rings is 2. The fourth-order valence-electron chi connectivity index (χ4n) is 3.03. The summed E-state index contributed by atoms with van der Waals surface area (Å²) in [6, 6.07) is 12.2. The van der Waals surface area contributed by atoms with Crippen molar-refractivity contribution in [2.24, 2.45) is 0 Å². The molecule has 0 saturated heterocycles. The third-order valence-corrected chi connectivity index (χ3v) is 7.83. The first-order valence-electron chi connectivity index (χ1n) is 10.1. The molecule has 3 aromatic heterocycles. The second-order valence-electron chi connectivity index (χ2n) is 7.15. The normalized spacial score (nSPS) is 10.8. The van der Waals surface area contributed by atoms with Gasteiger partial charge in [0.1, 0.15) is 9.88 Å². The van der Waals surface area contributed by atoms with E-state index in [0.717, 1.165) is 32.4 Å². The van der Waals surface area contributed by atoms with E-state index in [1.807, 2.05) is 36.6 Å². The lowest BCUT2D eigenvalue weighted by Gasteiger charge is -1.99. The topological polar surface area (TPSA) is 84.0 Å².